The number of benzene rings is 1. The Morgan fingerprint density at radius 2 is 2.00 bits per heavy atom. The fraction of sp³-hybridized carbons (Fsp3) is 0.538. The number of hydrogen-bond acceptors (Lipinski definition) is 4. The van der Waals surface area contributed by atoms with Gasteiger partial charge in [-0.2, -0.15) is 4.31 Å². The highest BCUT2D eigenvalue weighted by molar-refractivity contribution is 7.89. The smallest absolute Gasteiger partial charge is 0.243 e. The maximum absolute atomic E-state index is 12.4. The van der Waals surface area contributed by atoms with E-state index in [9.17, 15) is 13.5 Å². The van der Waals surface area contributed by atoms with Crippen molar-refractivity contribution in [3.05, 3.63) is 29.8 Å². The number of nitrogens with zero attached hydrogens (tertiary/aromatic N) is 1. The molecule has 19 heavy (non-hydrogen) atoms. The molecule has 0 saturated carbocycles. The molecule has 2 unspecified atom stereocenters. The highest BCUT2D eigenvalue weighted by Gasteiger charge is 2.32. The molecule has 1 aromatic carbocycles. The molecule has 2 N–H and O–H groups in total. The highest BCUT2D eigenvalue weighted by atomic mass is 32.2. The van der Waals surface area contributed by atoms with Crippen molar-refractivity contribution in [2.75, 3.05) is 19.7 Å². The molecule has 1 saturated heterocycles. The van der Waals surface area contributed by atoms with Gasteiger partial charge in [-0.3, -0.25) is 0 Å². The normalized spacial score (nSPS) is 22.6. The molecule has 1 fully saturated rings. The molecule has 0 spiro atoms. The number of sulfonamides is 1. The molecule has 0 amide bonds. The van der Waals surface area contributed by atoms with Gasteiger partial charge < -0.3 is 10.2 Å². The van der Waals surface area contributed by atoms with Crippen LogP contribution in [0.5, 0.6) is 0 Å². The lowest BCUT2D eigenvalue weighted by atomic mass is 10.1. The van der Waals surface area contributed by atoms with Crippen LogP contribution in [-0.2, 0) is 10.0 Å². The Morgan fingerprint density at radius 3 is 2.47 bits per heavy atom. The van der Waals surface area contributed by atoms with Crippen LogP contribution in [0.25, 0.3) is 0 Å². The van der Waals surface area contributed by atoms with Crippen molar-refractivity contribution >= 4 is 10.0 Å². The third-order valence-corrected chi connectivity index (χ3v) is 5.39. The van der Waals surface area contributed by atoms with Crippen LogP contribution >= 0.6 is 0 Å². The highest BCUT2D eigenvalue weighted by Crippen LogP contribution is 2.25. The lowest BCUT2D eigenvalue weighted by Crippen LogP contribution is -2.29. The molecule has 2 rings (SSSR count). The van der Waals surface area contributed by atoms with Gasteiger partial charge in [0.15, 0.2) is 0 Å². The van der Waals surface area contributed by atoms with Crippen LogP contribution in [0.1, 0.15) is 25.0 Å². The second kappa shape index (κ2) is 5.58. The maximum atomic E-state index is 12.4. The van der Waals surface area contributed by atoms with Gasteiger partial charge in [0.05, 0.1) is 11.0 Å². The van der Waals surface area contributed by atoms with E-state index in [2.05, 4.69) is 0 Å². The van der Waals surface area contributed by atoms with Gasteiger partial charge in [-0.1, -0.05) is 12.1 Å². The minimum atomic E-state index is -3.48. The van der Waals surface area contributed by atoms with Crippen LogP contribution in [0.3, 0.4) is 0 Å². The van der Waals surface area contributed by atoms with E-state index in [0.717, 1.165) is 0 Å². The van der Waals surface area contributed by atoms with Crippen molar-refractivity contribution in [2.24, 2.45) is 5.92 Å². The fourth-order valence-electron chi connectivity index (χ4n) is 2.23. The van der Waals surface area contributed by atoms with Crippen molar-refractivity contribution < 1.29 is 18.6 Å². The van der Waals surface area contributed by atoms with Gasteiger partial charge in [0.25, 0.3) is 0 Å². The van der Waals surface area contributed by atoms with E-state index < -0.39 is 16.1 Å². The minimum Gasteiger partial charge on any atom is -0.396 e. The Kier molecular flexibility index (Phi) is 4.25. The summed E-state index contributed by atoms with van der Waals surface area (Å²) in [6.07, 6.45) is 0.0869. The molecule has 1 aromatic rings. The molecule has 1 heterocycles. The summed E-state index contributed by atoms with van der Waals surface area (Å²) in [4.78, 5) is 0.232. The standard InChI is InChI=1S/C13H19NO4S/c1-10(16)12-2-4-13(5-3-12)19(17,18)14-7-6-11(8-14)9-15/h2-5,10-11,15-16H,6-9H2,1H3. The molecule has 1 aliphatic rings. The molecule has 6 heteroatoms. The third kappa shape index (κ3) is 2.97. The first-order chi connectivity index (χ1) is 8.95. The lowest BCUT2D eigenvalue weighted by molar-refractivity contribution is 0.199. The summed E-state index contributed by atoms with van der Waals surface area (Å²) >= 11 is 0. The van der Waals surface area contributed by atoms with Crippen LogP contribution in [0.2, 0.25) is 0 Å². The van der Waals surface area contributed by atoms with Crippen LogP contribution < -0.4 is 0 Å². The summed E-state index contributed by atoms with van der Waals surface area (Å²) in [6, 6.07) is 6.28. The topological polar surface area (TPSA) is 77.8 Å². The van der Waals surface area contributed by atoms with Crippen LogP contribution in [0, 0.1) is 5.92 Å². The summed E-state index contributed by atoms with van der Waals surface area (Å²) in [6.45, 7) is 2.48. The van der Waals surface area contributed by atoms with Crippen LogP contribution in [0.4, 0.5) is 0 Å². The van der Waals surface area contributed by atoms with Gasteiger partial charge in [-0.05, 0) is 37.0 Å². The van der Waals surface area contributed by atoms with Crippen molar-refractivity contribution in [1.82, 2.24) is 4.31 Å². The largest absolute Gasteiger partial charge is 0.396 e. The van der Waals surface area contributed by atoms with E-state index in [1.54, 1.807) is 19.1 Å². The molecule has 0 aromatic heterocycles. The summed E-state index contributed by atoms with van der Waals surface area (Å²) in [7, 11) is -3.48. The second-order valence-electron chi connectivity index (χ2n) is 4.95. The first kappa shape index (κ1) is 14.5. The zero-order valence-electron chi connectivity index (χ0n) is 10.9. The zero-order chi connectivity index (χ0) is 14.0. The molecule has 0 aliphatic carbocycles. The van der Waals surface area contributed by atoms with Gasteiger partial charge in [0.2, 0.25) is 10.0 Å². The monoisotopic (exact) mass is 285 g/mol. The van der Waals surface area contributed by atoms with Gasteiger partial charge >= 0.3 is 0 Å². The van der Waals surface area contributed by atoms with E-state index in [0.29, 0.717) is 25.1 Å². The lowest BCUT2D eigenvalue weighted by Gasteiger charge is -2.16. The van der Waals surface area contributed by atoms with Crippen molar-refractivity contribution in [3.63, 3.8) is 0 Å². The summed E-state index contributed by atoms with van der Waals surface area (Å²) < 4.78 is 26.1. The predicted molar refractivity (Wildman–Crippen MR) is 71.0 cm³/mol. The Morgan fingerprint density at radius 1 is 1.37 bits per heavy atom. The van der Waals surface area contributed by atoms with E-state index in [-0.39, 0.29) is 17.4 Å². The molecular weight excluding hydrogens is 266 g/mol. The van der Waals surface area contributed by atoms with Gasteiger partial charge in [-0.25, -0.2) is 8.42 Å². The van der Waals surface area contributed by atoms with Crippen LogP contribution in [-0.4, -0.2) is 42.6 Å². The zero-order valence-corrected chi connectivity index (χ0v) is 11.7. The average Bonchev–Trinajstić information content (AvgIpc) is 2.88. The summed E-state index contributed by atoms with van der Waals surface area (Å²) in [5.41, 5.74) is 0.689. The molecule has 2 atom stereocenters. The number of rotatable bonds is 4. The molecule has 106 valence electrons. The van der Waals surface area contributed by atoms with Crippen molar-refractivity contribution in [3.8, 4) is 0 Å². The van der Waals surface area contributed by atoms with Gasteiger partial charge in [0, 0.05) is 19.7 Å². The molecule has 0 radical (unpaired) electrons. The predicted octanol–water partition coefficient (Wildman–Crippen LogP) is 0.743. The molecule has 1 aliphatic heterocycles. The second-order valence-corrected chi connectivity index (χ2v) is 6.88. The van der Waals surface area contributed by atoms with E-state index in [1.165, 1.54) is 16.4 Å². The van der Waals surface area contributed by atoms with Crippen LogP contribution in [0.15, 0.2) is 29.2 Å². The summed E-state index contributed by atoms with van der Waals surface area (Å²) in [5.74, 6) is 0.0338. The Bertz CT molecular complexity index is 524. The number of aliphatic hydroxyl groups excluding tert-OH is 2. The molecule has 0 bridgehead atoms. The first-order valence-corrected chi connectivity index (χ1v) is 7.78. The Labute approximate surface area is 113 Å². The first-order valence-electron chi connectivity index (χ1n) is 6.34. The molecular formula is C13H19NO4S. The minimum absolute atomic E-state index is 0.0208. The fourth-order valence-corrected chi connectivity index (χ4v) is 3.76. The van der Waals surface area contributed by atoms with Gasteiger partial charge in [-0.15, -0.1) is 0 Å². The number of hydrogen-bond donors (Lipinski definition) is 2. The quantitative estimate of drug-likeness (QED) is 0.855. The SMILES string of the molecule is CC(O)c1ccc(S(=O)(=O)N2CCC(CO)C2)cc1. The maximum Gasteiger partial charge on any atom is 0.243 e. The third-order valence-electron chi connectivity index (χ3n) is 3.51. The van der Waals surface area contributed by atoms with Gasteiger partial charge in [0.1, 0.15) is 0 Å². The number of aliphatic hydroxyl groups is 2. The molecule has 5 nitrogen and oxygen atoms in total. The van der Waals surface area contributed by atoms with Crippen molar-refractivity contribution in [2.45, 2.75) is 24.3 Å². The van der Waals surface area contributed by atoms with E-state index in [1.807, 2.05) is 0 Å². The Balaban J connectivity index is 2.20. The van der Waals surface area contributed by atoms with Crippen molar-refractivity contribution in [1.29, 1.82) is 0 Å². The average molecular weight is 285 g/mol. The summed E-state index contributed by atoms with van der Waals surface area (Å²) in [5, 5.41) is 18.5. The Hall–Kier alpha value is -0.950. The van der Waals surface area contributed by atoms with E-state index in [4.69, 9.17) is 5.11 Å². The van der Waals surface area contributed by atoms with E-state index >= 15 is 0 Å².